The van der Waals surface area contributed by atoms with Crippen molar-refractivity contribution in [2.45, 2.75) is 20.3 Å². The lowest BCUT2D eigenvalue weighted by Crippen LogP contribution is -2.34. The first kappa shape index (κ1) is 13.9. The van der Waals surface area contributed by atoms with Gasteiger partial charge in [-0.2, -0.15) is 0 Å². The maximum absolute atomic E-state index is 13.2. The van der Waals surface area contributed by atoms with Gasteiger partial charge in [0.2, 0.25) is 0 Å². The van der Waals surface area contributed by atoms with Crippen LogP contribution < -0.4 is 10.2 Å². The maximum Gasteiger partial charge on any atom is 0.509 e. The number of hydrogen-bond donors (Lipinski definition) is 0. The van der Waals surface area contributed by atoms with Crippen molar-refractivity contribution in [3.05, 3.63) is 24.0 Å². The first-order valence-corrected chi connectivity index (χ1v) is 5.46. The molecule has 0 saturated heterocycles. The van der Waals surface area contributed by atoms with Crippen LogP contribution in [0.3, 0.4) is 0 Å². The number of hydrogen-bond acceptors (Lipinski definition) is 1. The minimum atomic E-state index is -5.12. The first-order valence-electron chi connectivity index (χ1n) is 5.46. The van der Waals surface area contributed by atoms with Crippen molar-refractivity contribution in [3.63, 3.8) is 0 Å². The Morgan fingerprint density at radius 2 is 1.94 bits per heavy atom. The third kappa shape index (κ3) is 3.95. The summed E-state index contributed by atoms with van der Waals surface area (Å²) >= 11 is 0. The monoisotopic (exact) mass is 249 g/mol. The predicted octanol–water partition coefficient (Wildman–Crippen LogP) is 3.31. The summed E-state index contributed by atoms with van der Waals surface area (Å²) < 4.78 is 55.6. The molecule has 0 aliphatic rings. The Kier molecular flexibility index (Phi) is 4.43. The van der Waals surface area contributed by atoms with Crippen LogP contribution in [0.1, 0.15) is 20.3 Å². The molecule has 1 aromatic rings. The Bertz CT molecular complexity index is 378. The third-order valence-electron chi connectivity index (χ3n) is 2.55. The Morgan fingerprint density at radius 3 is 2.47 bits per heavy atom. The number of rotatable bonds is 5. The highest BCUT2D eigenvalue weighted by Crippen LogP contribution is 2.19. The van der Waals surface area contributed by atoms with E-state index in [2.05, 4.69) is 0 Å². The van der Waals surface area contributed by atoms with Crippen molar-refractivity contribution in [1.82, 2.24) is 0 Å². The second kappa shape index (κ2) is 5.43. The van der Waals surface area contributed by atoms with Crippen LogP contribution in [-0.2, 0) is 0 Å². The van der Waals surface area contributed by atoms with Crippen molar-refractivity contribution in [3.8, 4) is 5.75 Å². The minimum absolute atomic E-state index is 0.175. The van der Waals surface area contributed by atoms with E-state index in [1.165, 1.54) is 0 Å². The van der Waals surface area contributed by atoms with Gasteiger partial charge in [-0.15, -0.1) is 5.46 Å². The molecule has 0 heterocycles. The molecule has 0 spiro atoms. The molecule has 0 fully saturated rings. The second-order valence-corrected chi connectivity index (χ2v) is 4.09. The van der Waals surface area contributed by atoms with E-state index in [1.54, 1.807) is 0 Å². The summed E-state index contributed by atoms with van der Waals surface area (Å²) in [6.07, 6.45) is 0.824. The van der Waals surface area contributed by atoms with Crippen LogP contribution in [-0.4, -0.2) is 13.6 Å². The second-order valence-electron chi connectivity index (χ2n) is 4.09. The van der Waals surface area contributed by atoms with Crippen LogP contribution in [0, 0.1) is 11.7 Å². The average molecular weight is 249 g/mol. The third-order valence-corrected chi connectivity index (χ3v) is 2.55. The summed E-state index contributed by atoms with van der Waals surface area (Å²) in [7, 11) is 0. The van der Waals surface area contributed by atoms with E-state index in [4.69, 9.17) is 4.74 Å². The molecule has 0 saturated carbocycles. The molecule has 1 atom stereocenters. The van der Waals surface area contributed by atoms with E-state index in [0.29, 0.717) is 0 Å². The highest BCUT2D eigenvalue weighted by atomic mass is 19.4. The Morgan fingerprint density at radius 1 is 1.29 bits per heavy atom. The molecule has 17 heavy (non-hydrogen) atoms. The van der Waals surface area contributed by atoms with Gasteiger partial charge in [-0.3, -0.25) is 0 Å². The van der Waals surface area contributed by atoms with Crippen LogP contribution in [0.15, 0.2) is 18.2 Å². The van der Waals surface area contributed by atoms with Gasteiger partial charge in [0.15, 0.2) is 11.6 Å². The van der Waals surface area contributed by atoms with Crippen molar-refractivity contribution < 1.29 is 22.1 Å². The van der Waals surface area contributed by atoms with Crippen LogP contribution >= 0.6 is 0 Å². The Balaban J connectivity index is 2.84. The summed E-state index contributed by atoms with van der Waals surface area (Å²) in [4.78, 5) is 0. The van der Waals surface area contributed by atoms with Crippen LogP contribution in [0.2, 0.25) is 0 Å². The van der Waals surface area contributed by atoms with Gasteiger partial charge in [-0.25, -0.2) is 4.39 Å². The van der Waals surface area contributed by atoms with E-state index < -0.39 is 18.3 Å². The lowest BCUT2D eigenvalue weighted by molar-refractivity contribution is 0.246. The Hall–Kier alpha value is -1.20. The molecule has 6 heteroatoms. The molecule has 96 valence electrons. The number of benzene rings is 1. The van der Waals surface area contributed by atoms with E-state index in [1.807, 2.05) is 13.8 Å². The summed E-state index contributed by atoms with van der Waals surface area (Å²) in [6, 6.07) is 2.24. The molecule has 0 radical (unpaired) electrons. The van der Waals surface area contributed by atoms with Gasteiger partial charge >= 0.3 is 6.98 Å². The summed E-state index contributed by atoms with van der Waals surface area (Å²) in [5.41, 5.74) is -0.842. The zero-order valence-corrected chi connectivity index (χ0v) is 9.72. The molecule has 1 unspecified atom stereocenters. The number of ether oxygens (including phenoxy) is 1. The van der Waals surface area contributed by atoms with E-state index >= 15 is 0 Å². The van der Waals surface area contributed by atoms with Crippen molar-refractivity contribution in [2.75, 3.05) is 6.61 Å². The lowest BCUT2D eigenvalue weighted by atomic mass is 9.80. The quantitative estimate of drug-likeness (QED) is 0.574. The smallest absolute Gasteiger partial charge is 0.490 e. The summed E-state index contributed by atoms with van der Waals surface area (Å²) in [6.45, 7) is -1.10. The molecule has 1 aromatic carbocycles. The zero-order valence-electron chi connectivity index (χ0n) is 9.72. The van der Waals surface area contributed by atoms with Gasteiger partial charge in [-0.1, -0.05) is 26.3 Å². The molecular weight excluding hydrogens is 235 g/mol. The molecule has 0 N–H and O–H groups in total. The lowest BCUT2D eigenvalue weighted by Gasteiger charge is -2.17. The average Bonchev–Trinajstić information content (AvgIpc) is 2.26. The molecule has 0 aliphatic heterocycles. The fourth-order valence-electron chi connectivity index (χ4n) is 1.18. The van der Waals surface area contributed by atoms with E-state index in [9.17, 15) is 17.3 Å². The topological polar surface area (TPSA) is 9.23 Å². The molecule has 0 bridgehead atoms. The largest absolute Gasteiger partial charge is 0.509 e. The zero-order chi connectivity index (χ0) is 13.1. The van der Waals surface area contributed by atoms with Crippen LogP contribution in [0.4, 0.5) is 17.3 Å². The molecule has 1 nitrogen and oxygen atoms in total. The van der Waals surface area contributed by atoms with Crippen molar-refractivity contribution >= 4 is 12.4 Å². The molecule has 0 amide bonds. The van der Waals surface area contributed by atoms with Crippen LogP contribution in [0.5, 0.6) is 5.75 Å². The highest BCUT2D eigenvalue weighted by Gasteiger charge is 2.26. The fourth-order valence-corrected chi connectivity index (χ4v) is 1.18. The normalized spacial score (nSPS) is 13.5. The molecular formula is C11H14BF4O-. The van der Waals surface area contributed by atoms with Crippen LogP contribution in [0.25, 0.3) is 0 Å². The van der Waals surface area contributed by atoms with E-state index in [0.717, 1.165) is 24.6 Å². The van der Waals surface area contributed by atoms with Crippen molar-refractivity contribution in [1.29, 1.82) is 0 Å². The number of halogens is 4. The minimum Gasteiger partial charge on any atom is -0.490 e. The summed E-state index contributed by atoms with van der Waals surface area (Å²) in [5.74, 6) is -0.923. The highest BCUT2D eigenvalue weighted by molar-refractivity contribution is 6.73. The fraction of sp³-hybridized carbons (Fsp3) is 0.455. The standard InChI is InChI=1S/C11H14BF4O/c1-3-8(2)7-17-11-6-9(12(14,15)16)4-5-10(11)13/h4-6,8H,3,7H2,1-2H3/q-1. The summed E-state index contributed by atoms with van der Waals surface area (Å²) in [5, 5.41) is 0. The van der Waals surface area contributed by atoms with Gasteiger partial charge < -0.3 is 17.7 Å². The van der Waals surface area contributed by atoms with E-state index in [-0.39, 0.29) is 18.3 Å². The van der Waals surface area contributed by atoms with Gasteiger partial charge in [0, 0.05) is 0 Å². The molecule has 0 aliphatic carbocycles. The Labute approximate surface area is 97.8 Å². The molecule has 0 aromatic heterocycles. The van der Waals surface area contributed by atoms with Gasteiger partial charge in [0.25, 0.3) is 0 Å². The van der Waals surface area contributed by atoms with Crippen molar-refractivity contribution in [2.24, 2.45) is 5.92 Å². The maximum atomic E-state index is 13.2. The first-order chi connectivity index (χ1) is 7.84. The van der Waals surface area contributed by atoms with Gasteiger partial charge in [0.1, 0.15) is 0 Å². The SMILES string of the molecule is CCC(C)COc1cc([B-](F)(F)F)ccc1F. The van der Waals surface area contributed by atoms with Gasteiger partial charge in [0.05, 0.1) is 6.61 Å². The predicted molar refractivity (Wildman–Crippen MR) is 60.1 cm³/mol. The van der Waals surface area contributed by atoms with Gasteiger partial charge in [-0.05, 0) is 18.1 Å². The molecule has 1 rings (SSSR count).